The lowest BCUT2D eigenvalue weighted by Crippen LogP contribution is -2.39. The maximum atomic E-state index is 11.2. The summed E-state index contributed by atoms with van der Waals surface area (Å²) in [6, 6.07) is -0.387. The lowest BCUT2D eigenvalue weighted by atomic mass is 10.3. The first kappa shape index (κ1) is 12.8. The summed E-state index contributed by atoms with van der Waals surface area (Å²) >= 11 is 0. The molecule has 1 unspecified atom stereocenters. The van der Waals surface area contributed by atoms with Crippen LogP contribution >= 0.6 is 0 Å². The molecule has 0 fully saturated rings. The van der Waals surface area contributed by atoms with Crippen LogP contribution in [0, 0.1) is 0 Å². The van der Waals surface area contributed by atoms with Crippen molar-refractivity contribution in [2.45, 2.75) is 19.4 Å². The second-order valence-electron chi connectivity index (χ2n) is 2.72. The van der Waals surface area contributed by atoms with Gasteiger partial charge in [-0.3, -0.25) is 0 Å². The van der Waals surface area contributed by atoms with Gasteiger partial charge in [-0.05, 0) is 6.42 Å². The van der Waals surface area contributed by atoms with E-state index in [0.29, 0.717) is 6.42 Å². The summed E-state index contributed by atoms with van der Waals surface area (Å²) in [6.07, 6.45) is 0.572. The monoisotopic (exact) mass is 211 g/mol. The zero-order valence-corrected chi connectivity index (χ0v) is 8.80. The van der Waals surface area contributed by atoms with Crippen LogP contribution in [0.3, 0.4) is 0 Å². The second-order valence-corrected chi connectivity index (χ2v) is 4.59. The van der Waals surface area contributed by atoms with Crippen LogP contribution in [0.2, 0.25) is 0 Å². The van der Waals surface area contributed by atoms with Crippen molar-refractivity contribution < 1.29 is 18.3 Å². The number of sulfonamides is 1. The van der Waals surface area contributed by atoms with E-state index in [9.17, 15) is 8.42 Å². The van der Waals surface area contributed by atoms with Crippen molar-refractivity contribution in [2.24, 2.45) is 0 Å². The molecule has 0 saturated heterocycles. The molecular weight excluding hydrogens is 194 g/mol. The maximum absolute atomic E-state index is 11.2. The fraction of sp³-hybridized carbons (Fsp3) is 1.00. The minimum absolute atomic E-state index is 0.0694. The number of methoxy groups -OCH3 is 1. The van der Waals surface area contributed by atoms with E-state index in [4.69, 9.17) is 5.11 Å². The van der Waals surface area contributed by atoms with E-state index in [1.165, 1.54) is 7.11 Å². The van der Waals surface area contributed by atoms with Gasteiger partial charge in [-0.25, -0.2) is 13.1 Å². The molecule has 1 atom stereocenters. The average Bonchev–Trinajstić information content (AvgIpc) is 2.11. The van der Waals surface area contributed by atoms with E-state index >= 15 is 0 Å². The van der Waals surface area contributed by atoms with Crippen LogP contribution in [0.15, 0.2) is 0 Å². The van der Waals surface area contributed by atoms with Crippen molar-refractivity contribution in [1.29, 1.82) is 0 Å². The molecule has 0 heterocycles. The van der Waals surface area contributed by atoms with E-state index in [-0.39, 0.29) is 25.0 Å². The third-order valence-corrected chi connectivity index (χ3v) is 3.01. The van der Waals surface area contributed by atoms with Crippen LogP contribution in [-0.4, -0.2) is 45.6 Å². The normalized spacial score (nSPS) is 14.4. The Labute approximate surface area is 79.1 Å². The fourth-order valence-corrected chi connectivity index (χ4v) is 2.01. The van der Waals surface area contributed by atoms with Gasteiger partial charge >= 0.3 is 0 Å². The number of ether oxygens (including phenoxy) is 1. The molecule has 0 rings (SSSR count). The predicted octanol–water partition coefficient (Wildman–Crippen LogP) is -0.677. The molecular formula is C7H17NO4S. The Morgan fingerprint density at radius 3 is 2.54 bits per heavy atom. The Balaban J connectivity index is 4.00. The molecule has 0 aromatic heterocycles. The predicted molar refractivity (Wildman–Crippen MR) is 50.0 cm³/mol. The molecule has 0 aromatic carbocycles. The minimum Gasteiger partial charge on any atom is -0.395 e. The van der Waals surface area contributed by atoms with E-state index in [0.717, 1.165) is 0 Å². The van der Waals surface area contributed by atoms with E-state index < -0.39 is 10.0 Å². The largest absolute Gasteiger partial charge is 0.395 e. The highest BCUT2D eigenvalue weighted by atomic mass is 32.2. The van der Waals surface area contributed by atoms with E-state index in [1.807, 2.05) is 0 Å². The third-order valence-electron chi connectivity index (χ3n) is 1.62. The van der Waals surface area contributed by atoms with Gasteiger partial charge in [-0.15, -0.1) is 0 Å². The molecule has 13 heavy (non-hydrogen) atoms. The van der Waals surface area contributed by atoms with E-state index in [1.54, 1.807) is 6.92 Å². The summed E-state index contributed by atoms with van der Waals surface area (Å²) in [5, 5.41) is 8.76. The highest BCUT2D eigenvalue weighted by Crippen LogP contribution is 1.94. The zero-order valence-electron chi connectivity index (χ0n) is 7.99. The molecule has 2 N–H and O–H groups in total. The van der Waals surface area contributed by atoms with Crippen LogP contribution in [0.1, 0.15) is 13.3 Å². The van der Waals surface area contributed by atoms with Crippen molar-refractivity contribution in [3.05, 3.63) is 0 Å². The van der Waals surface area contributed by atoms with Gasteiger partial charge in [0.1, 0.15) is 0 Å². The Morgan fingerprint density at radius 2 is 2.15 bits per heavy atom. The van der Waals surface area contributed by atoms with Gasteiger partial charge in [0.25, 0.3) is 0 Å². The number of hydrogen-bond acceptors (Lipinski definition) is 4. The van der Waals surface area contributed by atoms with Crippen LogP contribution in [0.5, 0.6) is 0 Å². The number of rotatable bonds is 7. The van der Waals surface area contributed by atoms with Crippen molar-refractivity contribution >= 4 is 10.0 Å². The molecule has 5 nitrogen and oxygen atoms in total. The molecule has 80 valence electrons. The molecule has 0 bridgehead atoms. The summed E-state index contributed by atoms with van der Waals surface area (Å²) in [7, 11) is -1.86. The molecule has 0 aliphatic heterocycles. The molecule has 0 aliphatic rings. The van der Waals surface area contributed by atoms with Crippen molar-refractivity contribution in [3.8, 4) is 0 Å². The summed E-state index contributed by atoms with van der Waals surface area (Å²) in [6.45, 7) is 1.79. The first-order valence-electron chi connectivity index (χ1n) is 4.15. The van der Waals surface area contributed by atoms with Crippen molar-refractivity contribution in [1.82, 2.24) is 4.72 Å². The number of hydrogen-bond donors (Lipinski definition) is 2. The summed E-state index contributed by atoms with van der Waals surface area (Å²) in [5.74, 6) is -0.0694. The molecule has 0 saturated carbocycles. The van der Waals surface area contributed by atoms with E-state index in [2.05, 4.69) is 9.46 Å². The average molecular weight is 211 g/mol. The molecule has 0 spiro atoms. The molecule has 0 radical (unpaired) electrons. The maximum Gasteiger partial charge on any atom is 0.214 e. The fourth-order valence-electron chi connectivity index (χ4n) is 0.756. The Kier molecular flexibility index (Phi) is 6.23. The first-order valence-corrected chi connectivity index (χ1v) is 5.80. The SMILES string of the molecule is CCC(CO)NS(=O)(=O)CCOC. The van der Waals surface area contributed by atoms with Gasteiger partial charge < -0.3 is 9.84 Å². The molecule has 0 amide bonds. The standard InChI is InChI=1S/C7H17NO4S/c1-3-7(6-9)8-13(10,11)5-4-12-2/h7-9H,3-6H2,1-2H3. The molecule has 0 aromatic rings. The van der Waals surface area contributed by atoms with Gasteiger partial charge in [0.2, 0.25) is 10.0 Å². The number of nitrogens with one attached hydrogen (secondary N) is 1. The van der Waals surface area contributed by atoms with Crippen LogP contribution in [0.25, 0.3) is 0 Å². The zero-order chi connectivity index (χ0) is 10.3. The van der Waals surface area contributed by atoms with Crippen molar-refractivity contribution in [3.63, 3.8) is 0 Å². The Bertz CT molecular complexity index is 211. The van der Waals surface area contributed by atoms with Gasteiger partial charge in [-0.1, -0.05) is 6.92 Å². The van der Waals surface area contributed by atoms with Crippen LogP contribution in [-0.2, 0) is 14.8 Å². The second kappa shape index (κ2) is 6.31. The number of aliphatic hydroxyl groups is 1. The van der Waals surface area contributed by atoms with Crippen molar-refractivity contribution in [2.75, 3.05) is 26.1 Å². The molecule has 0 aliphatic carbocycles. The Hall–Kier alpha value is -0.170. The van der Waals surface area contributed by atoms with Gasteiger partial charge in [-0.2, -0.15) is 0 Å². The lowest BCUT2D eigenvalue weighted by Gasteiger charge is -2.13. The smallest absolute Gasteiger partial charge is 0.214 e. The topological polar surface area (TPSA) is 75.6 Å². The summed E-state index contributed by atoms with van der Waals surface area (Å²) in [5.41, 5.74) is 0. The lowest BCUT2D eigenvalue weighted by molar-refractivity contribution is 0.216. The van der Waals surface area contributed by atoms with Gasteiger partial charge in [0, 0.05) is 13.2 Å². The molecule has 6 heteroatoms. The highest BCUT2D eigenvalue weighted by Gasteiger charge is 2.14. The minimum atomic E-state index is -3.30. The number of aliphatic hydroxyl groups excluding tert-OH is 1. The van der Waals surface area contributed by atoms with Crippen LogP contribution < -0.4 is 4.72 Å². The van der Waals surface area contributed by atoms with Gasteiger partial charge in [0.05, 0.1) is 19.0 Å². The Morgan fingerprint density at radius 1 is 1.54 bits per heavy atom. The third kappa shape index (κ3) is 5.98. The van der Waals surface area contributed by atoms with Gasteiger partial charge in [0.15, 0.2) is 0 Å². The first-order chi connectivity index (χ1) is 6.05. The quantitative estimate of drug-likeness (QED) is 0.585. The summed E-state index contributed by atoms with van der Waals surface area (Å²) in [4.78, 5) is 0. The highest BCUT2D eigenvalue weighted by molar-refractivity contribution is 7.89. The van der Waals surface area contributed by atoms with Crippen LogP contribution in [0.4, 0.5) is 0 Å². The summed E-state index contributed by atoms with van der Waals surface area (Å²) < 4.78 is 29.4.